The van der Waals surface area contributed by atoms with E-state index >= 15 is 0 Å². The van der Waals surface area contributed by atoms with E-state index in [1.807, 2.05) is 0 Å². The van der Waals surface area contributed by atoms with Gasteiger partial charge in [0.1, 0.15) is 6.67 Å². The summed E-state index contributed by atoms with van der Waals surface area (Å²) in [6, 6.07) is 3.31. The molecule has 2 N–H and O–H groups in total. The van der Waals surface area contributed by atoms with Crippen molar-refractivity contribution in [3.05, 3.63) is 40.4 Å². The number of rotatable bonds is 2. The smallest absolute Gasteiger partial charge is 0.416 e. The van der Waals surface area contributed by atoms with Gasteiger partial charge >= 0.3 is 6.18 Å². The topological polar surface area (TPSA) is 45.4 Å². The van der Waals surface area contributed by atoms with Crippen molar-refractivity contribution in [2.45, 2.75) is 12.9 Å². The predicted octanol–water partition coefficient (Wildman–Crippen LogP) is 4.03. The molecule has 0 aliphatic heterocycles. The van der Waals surface area contributed by atoms with Gasteiger partial charge in [0.15, 0.2) is 5.88 Å². The summed E-state index contributed by atoms with van der Waals surface area (Å²) in [6.07, 6.45) is -4.61. The number of halogens is 5. The summed E-state index contributed by atoms with van der Waals surface area (Å²) in [4.78, 5) is 0. The van der Waals surface area contributed by atoms with Gasteiger partial charge in [-0.3, -0.25) is 0 Å². The number of alkyl halides is 4. The van der Waals surface area contributed by atoms with E-state index in [1.54, 1.807) is 0 Å². The van der Waals surface area contributed by atoms with Gasteiger partial charge in [0, 0.05) is 11.6 Å². The summed E-state index contributed by atoms with van der Waals surface area (Å²) in [5.41, 5.74) is -1.56. The molecule has 0 amide bonds. The molecule has 20 heavy (non-hydrogen) atoms. The third-order valence-electron chi connectivity index (χ3n) is 2.69. The third-order valence-corrected chi connectivity index (χ3v) is 3.01. The van der Waals surface area contributed by atoms with Gasteiger partial charge in [0.05, 0.1) is 16.3 Å². The normalized spacial score (nSPS) is 11.8. The average Bonchev–Trinajstić information content (AvgIpc) is 2.64. The second-order valence-electron chi connectivity index (χ2n) is 3.98. The van der Waals surface area contributed by atoms with Crippen LogP contribution < -0.4 is 0 Å². The van der Waals surface area contributed by atoms with Crippen molar-refractivity contribution in [1.29, 1.82) is 0 Å². The molecular formula is C12H8ClF4NO2. The van der Waals surface area contributed by atoms with Crippen LogP contribution in [0.1, 0.15) is 11.1 Å². The van der Waals surface area contributed by atoms with Gasteiger partial charge in [-0.25, -0.2) is 8.96 Å². The second-order valence-corrected chi connectivity index (χ2v) is 4.39. The highest BCUT2D eigenvalue weighted by atomic mass is 35.5. The number of nitrogens with zero attached hydrogens (tertiary/aromatic N) is 1. The molecule has 0 saturated carbocycles. The molecule has 0 aliphatic carbocycles. The molecular weight excluding hydrogens is 302 g/mol. The van der Waals surface area contributed by atoms with E-state index in [4.69, 9.17) is 11.6 Å². The first-order valence-electron chi connectivity index (χ1n) is 5.31. The summed E-state index contributed by atoms with van der Waals surface area (Å²) < 4.78 is 51.2. The standard InChI is InChI=1S/C12H8ClF4NO2/c13-8-2-1-7(12(15,16)17)4-9(8)18-10(19)3-6(5-14)11(18)20/h1-4,19-20H,5H2. The summed E-state index contributed by atoms with van der Waals surface area (Å²) in [5, 5.41) is 19.2. The molecule has 0 unspecified atom stereocenters. The van der Waals surface area contributed by atoms with Crippen LogP contribution in [0.5, 0.6) is 11.8 Å². The van der Waals surface area contributed by atoms with Gasteiger partial charge < -0.3 is 10.2 Å². The van der Waals surface area contributed by atoms with Gasteiger partial charge in [-0.2, -0.15) is 13.2 Å². The molecule has 0 saturated heterocycles. The fourth-order valence-electron chi connectivity index (χ4n) is 1.73. The minimum atomic E-state index is -4.61. The molecule has 3 nitrogen and oxygen atoms in total. The molecule has 1 heterocycles. The van der Waals surface area contributed by atoms with Gasteiger partial charge in [-0.05, 0) is 18.2 Å². The van der Waals surface area contributed by atoms with E-state index in [1.165, 1.54) is 0 Å². The number of aromatic hydroxyl groups is 2. The minimum Gasteiger partial charge on any atom is -0.494 e. The molecule has 0 aliphatic rings. The van der Waals surface area contributed by atoms with Crippen LogP contribution in [-0.4, -0.2) is 14.8 Å². The van der Waals surface area contributed by atoms with Crippen LogP contribution >= 0.6 is 11.6 Å². The van der Waals surface area contributed by atoms with E-state index in [2.05, 4.69) is 0 Å². The quantitative estimate of drug-likeness (QED) is 0.823. The number of aromatic nitrogens is 1. The van der Waals surface area contributed by atoms with Gasteiger partial charge in [-0.1, -0.05) is 11.6 Å². The van der Waals surface area contributed by atoms with Crippen molar-refractivity contribution >= 4 is 11.6 Å². The number of benzene rings is 1. The fraction of sp³-hybridized carbons (Fsp3) is 0.167. The molecule has 0 spiro atoms. The van der Waals surface area contributed by atoms with Crippen LogP contribution in [0.25, 0.3) is 5.69 Å². The minimum absolute atomic E-state index is 0.135. The maximum absolute atomic E-state index is 12.7. The Morgan fingerprint density at radius 3 is 2.30 bits per heavy atom. The monoisotopic (exact) mass is 309 g/mol. The highest BCUT2D eigenvalue weighted by Gasteiger charge is 2.31. The van der Waals surface area contributed by atoms with Crippen LogP contribution in [0.4, 0.5) is 17.6 Å². The molecule has 1 aromatic carbocycles. The van der Waals surface area contributed by atoms with Crippen LogP contribution in [0, 0.1) is 0 Å². The van der Waals surface area contributed by atoms with Crippen molar-refractivity contribution in [2.24, 2.45) is 0 Å². The van der Waals surface area contributed by atoms with E-state index in [-0.39, 0.29) is 16.3 Å². The molecule has 0 radical (unpaired) electrons. The summed E-state index contributed by atoms with van der Waals surface area (Å²) >= 11 is 5.77. The Balaban J connectivity index is 2.67. The summed E-state index contributed by atoms with van der Waals surface area (Å²) in [5.74, 6) is -1.32. The zero-order valence-corrected chi connectivity index (χ0v) is 10.5. The summed E-state index contributed by atoms with van der Waals surface area (Å²) in [6.45, 7) is -1.08. The molecule has 108 valence electrons. The van der Waals surface area contributed by atoms with Crippen LogP contribution in [0.15, 0.2) is 24.3 Å². The Hall–Kier alpha value is -1.89. The number of hydrogen-bond acceptors (Lipinski definition) is 2. The van der Waals surface area contributed by atoms with Crippen LogP contribution in [0.2, 0.25) is 5.02 Å². The largest absolute Gasteiger partial charge is 0.494 e. The Kier molecular flexibility index (Phi) is 3.56. The SMILES string of the molecule is Oc1cc(CF)c(O)n1-c1cc(C(F)(F)F)ccc1Cl. The van der Waals surface area contributed by atoms with Crippen molar-refractivity contribution in [1.82, 2.24) is 4.57 Å². The fourth-order valence-corrected chi connectivity index (χ4v) is 1.94. The Morgan fingerprint density at radius 2 is 1.80 bits per heavy atom. The first-order valence-corrected chi connectivity index (χ1v) is 5.69. The highest BCUT2D eigenvalue weighted by Crippen LogP contribution is 2.38. The van der Waals surface area contributed by atoms with Crippen molar-refractivity contribution in [3.8, 4) is 17.4 Å². The van der Waals surface area contributed by atoms with E-state index in [9.17, 15) is 27.8 Å². The lowest BCUT2D eigenvalue weighted by atomic mass is 10.2. The van der Waals surface area contributed by atoms with Gasteiger partial charge in [0.25, 0.3) is 0 Å². The summed E-state index contributed by atoms with van der Waals surface area (Å²) in [7, 11) is 0. The van der Waals surface area contributed by atoms with E-state index < -0.39 is 30.2 Å². The zero-order chi connectivity index (χ0) is 15.1. The van der Waals surface area contributed by atoms with Crippen LogP contribution in [-0.2, 0) is 12.9 Å². The van der Waals surface area contributed by atoms with E-state index in [0.29, 0.717) is 10.6 Å². The van der Waals surface area contributed by atoms with Crippen molar-refractivity contribution in [2.75, 3.05) is 0 Å². The maximum atomic E-state index is 12.7. The molecule has 0 fully saturated rings. The van der Waals surface area contributed by atoms with Crippen molar-refractivity contribution in [3.63, 3.8) is 0 Å². The first-order chi connectivity index (χ1) is 9.25. The van der Waals surface area contributed by atoms with Gasteiger partial charge in [0.2, 0.25) is 5.88 Å². The Bertz CT molecular complexity index is 652. The highest BCUT2D eigenvalue weighted by molar-refractivity contribution is 6.32. The zero-order valence-electron chi connectivity index (χ0n) is 9.75. The lowest BCUT2D eigenvalue weighted by molar-refractivity contribution is -0.137. The Morgan fingerprint density at radius 1 is 1.15 bits per heavy atom. The lowest BCUT2D eigenvalue weighted by Gasteiger charge is -2.13. The number of hydrogen-bond donors (Lipinski definition) is 2. The average molecular weight is 310 g/mol. The molecule has 1 aromatic heterocycles. The van der Waals surface area contributed by atoms with Crippen molar-refractivity contribution < 1.29 is 27.8 Å². The molecule has 2 aromatic rings. The molecule has 0 bridgehead atoms. The molecule has 2 rings (SSSR count). The molecule has 0 atom stereocenters. The van der Waals surface area contributed by atoms with Crippen LogP contribution in [0.3, 0.4) is 0 Å². The maximum Gasteiger partial charge on any atom is 0.416 e. The third kappa shape index (κ3) is 2.40. The van der Waals surface area contributed by atoms with E-state index in [0.717, 1.165) is 18.2 Å². The first kappa shape index (κ1) is 14.5. The molecule has 8 heteroatoms. The second kappa shape index (κ2) is 4.90. The lowest BCUT2D eigenvalue weighted by Crippen LogP contribution is -2.06. The van der Waals surface area contributed by atoms with Gasteiger partial charge in [-0.15, -0.1) is 0 Å². The predicted molar refractivity (Wildman–Crippen MR) is 63.9 cm³/mol. The Labute approximate surface area is 115 Å².